The minimum Gasteiger partial charge on any atom is -0.396 e. The number of hydrogen-bond acceptors (Lipinski definition) is 1. The molecule has 0 spiro atoms. The molecular weight excluding hydrogens is 376 g/mol. The fourth-order valence-corrected chi connectivity index (χ4v) is 10.7. The summed E-state index contributed by atoms with van der Waals surface area (Å²) in [5.41, 5.74) is 1.60. The number of fused-ring (bicyclic) bond motifs is 5. The summed E-state index contributed by atoms with van der Waals surface area (Å²) in [6.07, 6.45) is 17.6. The summed E-state index contributed by atoms with van der Waals surface area (Å²) in [5, 5.41) is 9.81. The van der Waals surface area contributed by atoms with Gasteiger partial charge >= 0.3 is 0 Å². The van der Waals surface area contributed by atoms with E-state index in [-0.39, 0.29) is 5.41 Å². The Morgan fingerprint density at radius 2 is 1.52 bits per heavy atom. The third-order valence-corrected chi connectivity index (χ3v) is 11.6. The van der Waals surface area contributed by atoms with Crippen molar-refractivity contribution in [3.63, 3.8) is 0 Å². The quantitative estimate of drug-likeness (QED) is 0.448. The maximum atomic E-state index is 9.81. The molecule has 1 heteroatoms. The van der Waals surface area contributed by atoms with Crippen LogP contribution in [0.2, 0.25) is 0 Å². The molecule has 0 aliphatic heterocycles. The Morgan fingerprint density at radius 3 is 2.23 bits per heavy atom. The summed E-state index contributed by atoms with van der Waals surface area (Å²) in [7, 11) is 0. The molecule has 0 bridgehead atoms. The molecule has 180 valence electrons. The highest BCUT2D eigenvalue weighted by Crippen LogP contribution is 2.68. The lowest BCUT2D eigenvalue weighted by atomic mass is 9.44. The van der Waals surface area contributed by atoms with Crippen LogP contribution in [0.4, 0.5) is 0 Å². The Kier molecular flexibility index (Phi) is 6.47. The highest BCUT2D eigenvalue weighted by atomic mass is 16.3. The van der Waals surface area contributed by atoms with Gasteiger partial charge in [0, 0.05) is 6.61 Å². The largest absolute Gasteiger partial charge is 0.396 e. The minimum atomic E-state index is 0.0392. The van der Waals surface area contributed by atoms with E-state index < -0.39 is 0 Å². The predicted molar refractivity (Wildman–Crippen MR) is 133 cm³/mol. The van der Waals surface area contributed by atoms with Gasteiger partial charge in [0.15, 0.2) is 0 Å². The molecule has 7 unspecified atom stereocenters. The van der Waals surface area contributed by atoms with Crippen LogP contribution in [0.15, 0.2) is 0 Å². The molecule has 1 nitrogen and oxygen atoms in total. The lowest BCUT2D eigenvalue weighted by molar-refractivity contribution is -0.115. The molecule has 8 atom stereocenters. The van der Waals surface area contributed by atoms with Crippen LogP contribution in [0, 0.1) is 57.2 Å². The molecule has 1 N–H and O–H groups in total. The van der Waals surface area contributed by atoms with Crippen molar-refractivity contribution in [1.29, 1.82) is 0 Å². The molecule has 31 heavy (non-hydrogen) atoms. The average molecular weight is 431 g/mol. The van der Waals surface area contributed by atoms with Gasteiger partial charge in [-0.2, -0.15) is 0 Å². The van der Waals surface area contributed by atoms with Gasteiger partial charge in [0.1, 0.15) is 0 Å². The van der Waals surface area contributed by atoms with E-state index in [2.05, 4.69) is 48.5 Å². The van der Waals surface area contributed by atoms with Gasteiger partial charge in [-0.25, -0.2) is 0 Å². The van der Waals surface area contributed by atoms with Gasteiger partial charge in [0.25, 0.3) is 0 Å². The van der Waals surface area contributed by atoms with Crippen LogP contribution in [-0.2, 0) is 0 Å². The van der Waals surface area contributed by atoms with Gasteiger partial charge in [-0.3, -0.25) is 0 Å². The molecule has 4 aliphatic rings. The Morgan fingerprint density at radius 1 is 0.806 bits per heavy atom. The molecule has 0 aromatic heterocycles. The summed E-state index contributed by atoms with van der Waals surface area (Å²) >= 11 is 0. The maximum absolute atomic E-state index is 9.81. The molecular formula is C30H54O. The van der Waals surface area contributed by atoms with Gasteiger partial charge in [-0.1, -0.05) is 61.3 Å². The first-order valence-electron chi connectivity index (χ1n) is 14.0. The fraction of sp³-hybridized carbons (Fsp3) is 1.00. The van der Waals surface area contributed by atoms with E-state index in [1.54, 1.807) is 6.42 Å². The zero-order valence-corrected chi connectivity index (χ0v) is 22.1. The van der Waals surface area contributed by atoms with E-state index in [0.717, 1.165) is 41.9 Å². The first-order chi connectivity index (χ1) is 14.4. The monoisotopic (exact) mass is 430 g/mol. The van der Waals surface area contributed by atoms with Crippen LogP contribution in [0.1, 0.15) is 126 Å². The molecule has 0 aromatic rings. The van der Waals surface area contributed by atoms with Crippen LogP contribution < -0.4 is 0 Å². The van der Waals surface area contributed by atoms with E-state index in [1.807, 2.05) is 0 Å². The van der Waals surface area contributed by atoms with Gasteiger partial charge in [0.2, 0.25) is 0 Å². The lowest BCUT2D eigenvalue weighted by Gasteiger charge is -2.61. The third-order valence-electron chi connectivity index (χ3n) is 11.6. The van der Waals surface area contributed by atoms with E-state index in [9.17, 15) is 5.11 Å². The van der Waals surface area contributed by atoms with Gasteiger partial charge < -0.3 is 5.11 Å². The van der Waals surface area contributed by atoms with Crippen LogP contribution in [-0.4, -0.2) is 11.7 Å². The maximum Gasteiger partial charge on any atom is 0.0482 e. The highest BCUT2D eigenvalue weighted by Gasteiger charge is 2.60. The van der Waals surface area contributed by atoms with Crippen molar-refractivity contribution < 1.29 is 5.11 Å². The lowest BCUT2D eigenvalue weighted by Crippen LogP contribution is -2.53. The molecule has 0 saturated heterocycles. The smallest absolute Gasteiger partial charge is 0.0482 e. The molecule has 0 radical (unpaired) electrons. The van der Waals surface area contributed by atoms with Crippen LogP contribution in [0.3, 0.4) is 0 Å². The van der Waals surface area contributed by atoms with Crippen LogP contribution >= 0.6 is 0 Å². The second-order valence-electron chi connectivity index (χ2n) is 15.0. The fourth-order valence-electron chi connectivity index (χ4n) is 10.7. The van der Waals surface area contributed by atoms with Crippen molar-refractivity contribution in [1.82, 2.24) is 0 Å². The molecule has 4 saturated carbocycles. The first kappa shape index (κ1) is 24.1. The zero-order valence-electron chi connectivity index (χ0n) is 22.1. The summed E-state index contributed by atoms with van der Waals surface area (Å²) in [4.78, 5) is 0. The van der Waals surface area contributed by atoms with Crippen LogP contribution in [0.5, 0.6) is 0 Å². The molecule has 4 rings (SSSR count). The Hall–Kier alpha value is -0.0400. The van der Waals surface area contributed by atoms with Crippen molar-refractivity contribution in [3.8, 4) is 0 Å². The number of hydrogen-bond donors (Lipinski definition) is 1. The number of aliphatic hydroxyl groups is 1. The zero-order chi connectivity index (χ0) is 22.7. The molecule has 0 aromatic carbocycles. The Bertz CT molecular complexity index is 634. The standard InChI is InChI=1S/C30H54O/c1-21(18-27(2,3)19-28(4,5)20-31)24-13-14-25-23-12-11-22-10-8-9-16-29(22,6)26(23)15-17-30(24,25)7/h21-26,31H,8-20H2,1-7H3/t21?,22?,23?,24?,25?,26?,29-,30?/m0/s1. The van der Waals surface area contributed by atoms with Gasteiger partial charge in [0.05, 0.1) is 0 Å². The van der Waals surface area contributed by atoms with Crippen molar-refractivity contribution in [2.24, 2.45) is 57.2 Å². The van der Waals surface area contributed by atoms with Crippen LogP contribution in [0.25, 0.3) is 0 Å². The van der Waals surface area contributed by atoms with Crippen molar-refractivity contribution in [3.05, 3.63) is 0 Å². The SMILES string of the molecule is CC(CC(C)(C)CC(C)(C)CO)C1CCC2C3CCC4CCCC[C@]4(C)C3CCC12C. The first-order valence-corrected chi connectivity index (χ1v) is 14.0. The molecule has 0 heterocycles. The molecule has 4 fully saturated rings. The summed E-state index contributed by atoms with van der Waals surface area (Å²) in [5.74, 6) is 5.80. The Labute approximate surface area is 194 Å². The predicted octanol–water partition coefficient (Wildman–Crippen LogP) is 8.50. The van der Waals surface area contributed by atoms with E-state index >= 15 is 0 Å². The van der Waals surface area contributed by atoms with Crippen molar-refractivity contribution >= 4 is 0 Å². The summed E-state index contributed by atoms with van der Waals surface area (Å²) in [6, 6.07) is 0. The normalized spacial score (nSPS) is 44.3. The van der Waals surface area contributed by atoms with Crippen molar-refractivity contribution in [2.75, 3.05) is 6.61 Å². The molecule has 0 amide bonds. The van der Waals surface area contributed by atoms with Crippen molar-refractivity contribution in [2.45, 2.75) is 126 Å². The second-order valence-corrected chi connectivity index (χ2v) is 15.0. The van der Waals surface area contributed by atoms with E-state index in [0.29, 0.717) is 22.9 Å². The Balaban J connectivity index is 1.47. The minimum absolute atomic E-state index is 0.0392. The topological polar surface area (TPSA) is 20.2 Å². The summed E-state index contributed by atoms with van der Waals surface area (Å²) in [6.45, 7) is 17.7. The number of rotatable bonds is 6. The third kappa shape index (κ3) is 4.28. The van der Waals surface area contributed by atoms with Gasteiger partial charge in [-0.05, 0) is 121 Å². The molecule has 4 aliphatic carbocycles. The highest BCUT2D eigenvalue weighted by molar-refractivity contribution is 5.09. The number of aliphatic hydroxyl groups excluding tert-OH is 1. The average Bonchev–Trinajstić information content (AvgIpc) is 3.03. The van der Waals surface area contributed by atoms with E-state index in [4.69, 9.17) is 0 Å². The summed E-state index contributed by atoms with van der Waals surface area (Å²) < 4.78 is 0. The van der Waals surface area contributed by atoms with Gasteiger partial charge in [-0.15, -0.1) is 0 Å². The van der Waals surface area contributed by atoms with E-state index in [1.165, 1.54) is 64.2 Å². The second kappa shape index (κ2) is 8.32.